The van der Waals surface area contributed by atoms with E-state index in [2.05, 4.69) is 241 Å². The number of aromatic nitrogens is 1. The highest BCUT2D eigenvalue weighted by Crippen LogP contribution is 2.45. The molecule has 15 rings (SSSR count). The first-order chi connectivity index (χ1) is 34.2. The van der Waals surface area contributed by atoms with Gasteiger partial charge in [-0.1, -0.05) is 212 Å². The number of para-hydroxylation sites is 4. The maximum Gasteiger partial charge on any atom is 0.143 e. The Morgan fingerprint density at radius 3 is 0.971 bits per heavy atom. The first-order valence-corrected chi connectivity index (χ1v) is 23.7. The van der Waals surface area contributed by atoms with Crippen LogP contribution >= 0.6 is 0 Å². The fourth-order valence-corrected chi connectivity index (χ4v) is 11.5. The van der Waals surface area contributed by atoms with Crippen molar-refractivity contribution < 1.29 is 8.83 Å². The van der Waals surface area contributed by atoms with Gasteiger partial charge in [0, 0.05) is 60.3 Å². The quantitative estimate of drug-likeness (QED) is 0.161. The summed E-state index contributed by atoms with van der Waals surface area (Å²) in [5, 5.41) is 14.3. The van der Waals surface area contributed by atoms with Crippen molar-refractivity contribution in [3.63, 3.8) is 0 Å². The van der Waals surface area contributed by atoms with Gasteiger partial charge in [-0.15, -0.1) is 0 Å². The van der Waals surface area contributed by atoms with Crippen LogP contribution in [0.3, 0.4) is 0 Å². The number of benzene rings is 12. The van der Waals surface area contributed by atoms with Gasteiger partial charge in [0.05, 0.1) is 11.0 Å². The maximum absolute atomic E-state index is 6.97. The van der Waals surface area contributed by atoms with E-state index in [1.165, 1.54) is 43.1 Å². The molecule has 0 unspecified atom stereocenters. The molecular formula is C66H39NO2. The third-order valence-electron chi connectivity index (χ3n) is 14.6. The monoisotopic (exact) mass is 877 g/mol. The van der Waals surface area contributed by atoms with E-state index >= 15 is 0 Å². The second-order valence-electron chi connectivity index (χ2n) is 18.3. The Labute approximate surface area is 396 Å². The van der Waals surface area contributed by atoms with Gasteiger partial charge in [0.1, 0.15) is 22.3 Å². The Morgan fingerprint density at radius 2 is 0.551 bits per heavy atom. The van der Waals surface area contributed by atoms with Crippen LogP contribution in [0.1, 0.15) is 0 Å². The summed E-state index contributed by atoms with van der Waals surface area (Å²) in [6.07, 6.45) is 0. The normalized spacial score (nSPS) is 12.1. The molecule has 0 radical (unpaired) electrons. The van der Waals surface area contributed by atoms with E-state index in [1.54, 1.807) is 0 Å². The third kappa shape index (κ3) is 5.62. The molecule has 3 nitrogen and oxygen atoms in total. The first kappa shape index (κ1) is 38.0. The third-order valence-corrected chi connectivity index (χ3v) is 14.6. The van der Waals surface area contributed by atoms with Gasteiger partial charge < -0.3 is 13.4 Å². The van der Waals surface area contributed by atoms with Crippen molar-refractivity contribution in [3.05, 3.63) is 237 Å². The lowest BCUT2D eigenvalue weighted by Gasteiger charge is -2.14. The molecule has 0 aliphatic rings. The van der Waals surface area contributed by atoms with E-state index in [4.69, 9.17) is 8.83 Å². The lowest BCUT2D eigenvalue weighted by Crippen LogP contribution is -1.95. The topological polar surface area (TPSA) is 31.2 Å². The van der Waals surface area contributed by atoms with Gasteiger partial charge in [-0.2, -0.15) is 0 Å². The highest BCUT2D eigenvalue weighted by Gasteiger charge is 2.21. The molecular weight excluding hydrogens is 839 g/mol. The van der Waals surface area contributed by atoms with Gasteiger partial charge in [-0.3, -0.25) is 0 Å². The molecule has 0 bridgehead atoms. The summed E-state index contributed by atoms with van der Waals surface area (Å²) >= 11 is 0. The Morgan fingerprint density at radius 1 is 0.217 bits per heavy atom. The van der Waals surface area contributed by atoms with Crippen LogP contribution in [0.4, 0.5) is 0 Å². The molecule has 0 atom stereocenters. The second kappa shape index (κ2) is 14.7. The molecule has 3 aromatic heterocycles. The van der Waals surface area contributed by atoms with Crippen LogP contribution in [-0.2, 0) is 0 Å². The molecule has 69 heavy (non-hydrogen) atoms. The molecule has 0 fully saturated rings. The van der Waals surface area contributed by atoms with Gasteiger partial charge in [0.15, 0.2) is 0 Å². The number of hydrogen-bond acceptors (Lipinski definition) is 2. The van der Waals surface area contributed by atoms with Crippen molar-refractivity contribution in [1.29, 1.82) is 0 Å². The van der Waals surface area contributed by atoms with Crippen molar-refractivity contribution >= 4 is 98.0 Å². The number of hydrogen-bond donors (Lipinski definition) is 0. The Balaban J connectivity index is 0.989. The smallest absolute Gasteiger partial charge is 0.143 e. The standard InChI is InChI=1S/C66H39NO2/c1-3-15-40(16-4-1)45-23-11-27-56-58-29-13-25-47(65(58)68-63(45)56)42-31-34-54-55-35-32-43(48-26-14-30-59-57-28-12-24-46(64(57)69-66(48)59)41-17-5-2-6-18-41)38-62(55)67(61(54)37-42)44-33-36-53-51-21-8-7-19-49(51)50-20-9-10-22-52(50)60(53)39-44/h1-39H. The molecule has 3 heteroatoms. The lowest BCUT2D eigenvalue weighted by molar-refractivity contribution is 0.670. The zero-order valence-electron chi connectivity index (χ0n) is 37.3. The molecule has 0 saturated carbocycles. The number of rotatable bonds is 5. The molecule has 0 N–H and O–H groups in total. The van der Waals surface area contributed by atoms with Crippen molar-refractivity contribution in [2.24, 2.45) is 0 Å². The Kier molecular flexibility index (Phi) is 8.07. The number of furan rings is 2. The molecule has 0 spiro atoms. The van der Waals surface area contributed by atoms with Crippen LogP contribution in [0.15, 0.2) is 245 Å². The highest BCUT2D eigenvalue weighted by atomic mass is 16.3. The van der Waals surface area contributed by atoms with E-state index in [1.807, 2.05) is 0 Å². The summed E-state index contributed by atoms with van der Waals surface area (Å²) in [7, 11) is 0. The van der Waals surface area contributed by atoms with E-state index in [-0.39, 0.29) is 0 Å². The zero-order chi connectivity index (χ0) is 45.2. The van der Waals surface area contributed by atoms with Crippen molar-refractivity contribution in [1.82, 2.24) is 4.57 Å². The van der Waals surface area contributed by atoms with Crippen molar-refractivity contribution in [2.75, 3.05) is 0 Å². The average molecular weight is 878 g/mol. The number of nitrogens with zero attached hydrogens (tertiary/aromatic N) is 1. The molecule has 0 aliphatic heterocycles. The van der Waals surface area contributed by atoms with Gasteiger partial charge >= 0.3 is 0 Å². The van der Waals surface area contributed by atoms with Crippen LogP contribution in [-0.4, -0.2) is 4.57 Å². The predicted molar refractivity (Wildman–Crippen MR) is 290 cm³/mol. The van der Waals surface area contributed by atoms with Gasteiger partial charge in [-0.25, -0.2) is 0 Å². The van der Waals surface area contributed by atoms with Crippen LogP contribution in [0, 0.1) is 0 Å². The van der Waals surface area contributed by atoms with E-state index in [0.29, 0.717) is 0 Å². The van der Waals surface area contributed by atoms with Crippen molar-refractivity contribution in [3.8, 4) is 50.2 Å². The minimum absolute atomic E-state index is 0.888. The van der Waals surface area contributed by atoms with Crippen LogP contribution in [0.5, 0.6) is 0 Å². The van der Waals surface area contributed by atoms with Crippen LogP contribution in [0.2, 0.25) is 0 Å². The van der Waals surface area contributed by atoms with Crippen molar-refractivity contribution in [2.45, 2.75) is 0 Å². The summed E-state index contributed by atoms with van der Waals surface area (Å²) in [5.74, 6) is 0. The molecule has 320 valence electrons. The molecule has 12 aromatic carbocycles. The fraction of sp³-hybridized carbons (Fsp3) is 0. The molecule has 0 saturated heterocycles. The molecule has 0 aliphatic carbocycles. The van der Waals surface area contributed by atoms with Crippen LogP contribution < -0.4 is 0 Å². The van der Waals surface area contributed by atoms with Gasteiger partial charge in [0.25, 0.3) is 0 Å². The van der Waals surface area contributed by atoms with E-state index < -0.39 is 0 Å². The molecule has 15 aromatic rings. The summed E-state index contributed by atoms with van der Waals surface area (Å²) in [5.41, 5.74) is 15.7. The van der Waals surface area contributed by atoms with Gasteiger partial charge in [0.2, 0.25) is 0 Å². The average Bonchev–Trinajstić information content (AvgIpc) is 4.11. The van der Waals surface area contributed by atoms with Crippen LogP contribution in [0.25, 0.3) is 148 Å². The minimum Gasteiger partial charge on any atom is -0.455 e. The summed E-state index contributed by atoms with van der Waals surface area (Å²) in [6.45, 7) is 0. The minimum atomic E-state index is 0.888. The Bertz CT molecular complexity index is 4340. The van der Waals surface area contributed by atoms with E-state index in [0.717, 1.165) is 105 Å². The molecule has 0 amide bonds. The van der Waals surface area contributed by atoms with E-state index in [9.17, 15) is 0 Å². The predicted octanol–water partition coefficient (Wildman–Crippen LogP) is 18.7. The largest absolute Gasteiger partial charge is 0.455 e. The fourth-order valence-electron chi connectivity index (χ4n) is 11.5. The summed E-state index contributed by atoms with van der Waals surface area (Å²) in [6, 6.07) is 85.6. The van der Waals surface area contributed by atoms with Gasteiger partial charge in [-0.05, 0) is 78.8 Å². The zero-order valence-corrected chi connectivity index (χ0v) is 37.3. The summed E-state index contributed by atoms with van der Waals surface area (Å²) in [4.78, 5) is 0. The first-order valence-electron chi connectivity index (χ1n) is 23.7. The summed E-state index contributed by atoms with van der Waals surface area (Å²) < 4.78 is 16.4. The lowest BCUT2D eigenvalue weighted by atomic mass is 9.94. The Hall–Kier alpha value is -9.18. The maximum atomic E-state index is 6.97. The SMILES string of the molecule is c1ccc(-c2cccc3c2oc2c(-c4ccc5c6ccc(-c7cccc8c7oc7c(-c9ccccc9)cccc78)cc6n(-c6ccc7c8ccccc8c8ccccc8c7c6)c5c4)cccc23)cc1. The second-order valence-corrected chi connectivity index (χ2v) is 18.3. The highest BCUT2D eigenvalue weighted by molar-refractivity contribution is 6.26. The molecule has 3 heterocycles. The number of fused-ring (bicyclic) bond motifs is 15.